The van der Waals surface area contributed by atoms with Crippen molar-refractivity contribution in [1.29, 1.82) is 0 Å². The number of rotatable bonds is 7. The number of nitrogens with zero attached hydrogens (tertiary/aromatic N) is 1. The highest BCUT2D eigenvalue weighted by Crippen LogP contribution is 2.41. The molecule has 1 heterocycles. The summed E-state index contributed by atoms with van der Waals surface area (Å²) in [7, 11) is -1.62. The Kier molecular flexibility index (Phi) is 5.86. The second-order valence-electron chi connectivity index (χ2n) is 6.42. The second-order valence-corrected chi connectivity index (χ2v) is 9.52. The summed E-state index contributed by atoms with van der Waals surface area (Å²) in [4.78, 5) is 2.07. The molecule has 0 fully saturated rings. The predicted molar refractivity (Wildman–Crippen MR) is 112 cm³/mol. The van der Waals surface area contributed by atoms with Gasteiger partial charge in [-0.2, -0.15) is 0 Å². The Balaban J connectivity index is 2.05. The van der Waals surface area contributed by atoms with E-state index in [9.17, 15) is 8.42 Å². The third-order valence-electron chi connectivity index (χ3n) is 4.42. The summed E-state index contributed by atoms with van der Waals surface area (Å²) in [5.41, 5.74) is 2.81. The Bertz CT molecular complexity index is 933. The van der Waals surface area contributed by atoms with Crippen LogP contribution in [0.5, 0.6) is 11.5 Å². The van der Waals surface area contributed by atoms with Crippen molar-refractivity contribution in [2.24, 2.45) is 0 Å². The second kappa shape index (κ2) is 7.98. The van der Waals surface area contributed by atoms with Crippen molar-refractivity contribution in [3.8, 4) is 11.5 Å². The highest BCUT2D eigenvalue weighted by atomic mass is 79.9. The van der Waals surface area contributed by atoms with Crippen LogP contribution < -0.4 is 19.7 Å². The fourth-order valence-electron chi connectivity index (χ4n) is 3.26. The Hall–Kier alpha value is -1.93. The fourth-order valence-corrected chi connectivity index (χ4v) is 4.56. The van der Waals surface area contributed by atoms with Gasteiger partial charge in [-0.25, -0.2) is 8.42 Å². The van der Waals surface area contributed by atoms with E-state index in [0.29, 0.717) is 24.8 Å². The third kappa shape index (κ3) is 4.50. The first kappa shape index (κ1) is 19.8. The maximum Gasteiger partial charge on any atom is 0.161 e. The molecule has 0 aliphatic carbocycles. The minimum Gasteiger partial charge on any atom is -0.493 e. The van der Waals surface area contributed by atoms with Gasteiger partial charge in [0, 0.05) is 10.7 Å². The van der Waals surface area contributed by atoms with Crippen LogP contribution in [0, 0.1) is 0 Å². The van der Waals surface area contributed by atoms with Gasteiger partial charge in [-0.3, -0.25) is 0 Å². The van der Waals surface area contributed by atoms with Crippen LogP contribution in [0.25, 0.3) is 0 Å². The summed E-state index contributed by atoms with van der Waals surface area (Å²) in [5.74, 6) is 1.24. The van der Waals surface area contributed by atoms with Crippen LogP contribution in [0.4, 0.5) is 11.4 Å². The zero-order chi connectivity index (χ0) is 19.6. The van der Waals surface area contributed by atoms with E-state index in [1.165, 1.54) is 6.26 Å². The van der Waals surface area contributed by atoms with E-state index in [-0.39, 0.29) is 11.8 Å². The number of fused-ring (bicyclic) bond motifs is 1. The molecule has 27 heavy (non-hydrogen) atoms. The van der Waals surface area contributed by atoms with Gasteiger partial charge in [0.2, 0.25) is 0 Å². The lowest BCUT2D eigenvalue weighted by atomic mass is 10.1. The molecule has 2 aromatic carbocycles. The topological polar surface area (TPSA) is 67.9 Å². The number of hydrogen-bond acceptors (Lipinski definition) is 6. The highest BCUT2D eigenvalue weighted by molar-refractivity contribution is 9.10. The van der Waals surface area contributed by atoms with E-state index < -0.39 is 9.84 Å². The van der Waals surface area contributed by atoms with Gasteiger partial charge in [0.1, 0.15) is 9.84 Å². The SMILES string of the molecule is CCOc1cc([C@@H](CS(C)(=O)=O)N2CNc3cc(Br)ccc32)ccc1OC. The van der Waals surface area contributed by atoms with Gasteiger partial charge in [-0.15, -0.1) is 0 Å². The molecule has 0 spiro atoms. The highest BCUT2D eigenvalue weighted by Gasteiger charge is 2.30. The molecule has 0 aromatic heterocycles. The smallest absolute Gasteiger partial charge is 0.161 e. The van der Waals surface area contributed by atoms with Crippen molar-refractivity contribution in [1.82, 2.24) is 0 Å². The minimum absolute atomic E-state index is 0.00206. The first-order chi connectivity index (χ1) is 12.8. The molecule has 0 unspecified atom stereocenters. The van der Waals surface area contributed by atoms with Crippen molar-refractivity contribution < 1.29 is 17.9 Å². The van der Waals surface area contributed by atoms with Crippen LogP contribution in [0.15, 0.2) is 40.9 Å². The summed E-state index contributed by atoms with van der Waals surface area (Å²) >= 11 is 3.47. The van der Waals surface area contributed by atoms with Gasteiger partial charge in [0.15, 0.2) is 11.5 Å². The Morgan fingerprint density at radius 3 is 2.67 bits per heavy atom. The lowest BCUT2D eigenvalue weighted by molar-refractivity contribution is 0.310. The summed E-state index contributed by atoms with van der Waals surface area (Å²) in [6.45, 7) is 2.93. The molecule has 0 amide bonds. The lowest BCUT2D eigenvalue weighted by Crippen LogP contribution is -2.33. The maximum atomic E-state index is 12.2. The number of sulfone groups is 1. The van der Waals surface area contributed by atoms with Gasteiger partial charge in [0.05, 0.1) is 43.6 Å². The third-order valence-corrected chi connectivity index (χ3v) is 5.83. The van der Waals surface area contributed by atoms with Crippen LogP contribution in [0.1, 0.15) is 18.5 Å². The van der Waals surface area contributed by atoms with Gasteiger partial charge in [-0.1, -0.05) is 22.0 Å². The van der Waals surface area contributed by atoms with Crippen molar-refractivity contribution in [2.45, 2.75) is 13.0 Å². The van der Waals surface area contributed by atoms with Crippen LogP contribution in [0.3, 0.4) is 0 Å². The average Bonchev–Trinajstić information content (AvgIpc) is 3.02. The molecule has 0 saturated heterocycles. The van der Waals surface area contributed by atoms with Gasteiger partial charge >= 0.3 is 0 Å². The fraction of sp³-hybridized carbons (Fsp3) is 0.368. The van der Waals surface area contributed by atoms with Crippen molar-refractivity contribution >= 4 is 37.1 Å². The minimum atomic E-state index is -3.21. The van der Waals surface area contributed by atoms with Gasteiger partial charge in [-0.05, 0) is 42.8 Å². The molecule has 1 N–H and O–H groups in total. The number of ether oxygens (including phenoxy) is 2. The molecule has 2 aromatic rings. The van der Waals surface area contributed by atoms with Crippen LogP contribution >= 0.6 is 15.9 Å². The molecule has 1 atom stereocenters. The average molecular weight is 455 g/mol. The molecule has 3 rings (SSSR count). The van der Waals surface area contributed by atoms with Crippen molar-refractivity contribution in [3.05, 3.63) is 46.4 Å². The molecule has 1 aliphatic rings. The number of nitrogens with one attached hydrogen (secondary N) is 1. The molecule has 146 valence electrons. The lowest BCUT2D eigenvalue weighted by Gasteiger charge is -2.30. The van der Waals surface area contributed by atoms with Gasteiger partial charge in [0.25, 0.3) is 0 Å². The zero-order valence-electron chi connectivity index (χ0n) is 15.5. The molecule has 8 heteroatoms. The number of anilines is 2. The van der Waals surface area contributed by atoms with E-state index in [0.717, 1.165) is 21.4 Å². The van der Waals surface area contributed by atoms with E-state index in [1.54, 1.807) is 7.11 Å². The van der Waals surface area contributed by atoms with E-state index in [1.807, 2.05) is 43.3 Å². The van der Waals surface area contributed by atoms with Crippen LogP contribution in [0.2, 0.25) is 0 Å². The number of hydrogen-bond donors (Lipinski definition) is 1. The molecule has 0 saturated carbocycles. The Morgan fingerprint density at radius 2 is 2.00 bits per heavy atom. The molecule has 6 nitrogen and oxygen atoms in total. The van der Waals surface area contributed by atoms with Crippen LogP contribution in [-0.2, 0) is 9.84 Å². The maximum absolute atomic E-state index is 12.2. The number of halogens is 1. The monoisotopic (exact) mass is 454 g/mol. The zero-order valence-corrected chi connectivity index (χ0v) is 17.9. The summed E-state index contributed by atoms with van der Waals surface area (Å²) in [6, 6.07) is 11.2. The largest absolute Gasteiger partial charge is 0.493 e. The molecule has 0 radical (unpaired) electrons. The van der Waals surface area contributed by atoms with E-state index in [4.69, 9.17) is 9.47 Å². The molecular formula is C19H23BrN2O4S. The quantitative estimate of drug-likeness (QED) is 0.685. The molecular weight excluding hydrogens is 432 g/mol. The number of benzene rings is 2. The predicted octanol–water partition coefficient (Wildman–Crippen LogP) is 3.83. The normalized spacial score (nSPS) is 14.4. The first-order valence-electron chi connectivity index (χ1n) is 8.61. The standard InChI is InChI=1S/C19H23BrN2O4S/c1-4-26-19-9-13(5-8-18(19)25-2)17(11-27(3,23)24)22-12-21-15-10-14(20)6-7-16(15)22/h5-10,17,21H,4,11-12H2,1-3H3/t17-/m1/s1. The van der Waals surface area contributed by atoms with Crippen molar-refractivity contribution in [3.63, 3.8) is 0 Å². The Morgan fingerprint density at radius 1 is 1.22 bits per heavy atom. The van der Waals surface area contributed by atoms with E-state index >= 15 is 0 Å². The van der Waals surface area contributed by atoms with E-state index in [2.05, 4.69) is 26.1 Å². The molecule has 0 bridgehead atoms. The summed E-state index contributed by atoms with van der Waals surface area (Å²) in [5, 5.41) is 3.33. The summed E-state index contributed by atoms with van der Waals surface area (Å²) < 4.78 is 36.3. The first-order valence-corrected chi connectivity index (χ1v) is 11.5. The molecule has 1 aliphatic heterocycles. The van der Waals surface area contributed by atoms with Gasteiger partial charge < -0.3 is 19.7 Å². The van der Waals surface area contributed by atoms with Crippen molar-refractivity contribution in [2.75, 3.05) is 42.6 Å². The Labute approximate surface area is 168 Å². The van der Waals surface area contributed by atoms with Crippen LogP contribution in [-0.4, -0.2) is 40.8 Å². The summed E-state index contributed by atoms with van der Waals surface area (Å²) in [6.07, 6.45) is 1.26. The number of methoxy groups -OCH3 is 1.